The zero-order valence-electron chi connectivity index (χ0n) is 12.1. The lowest BCUT2D eigenvalue weighted by Crippen LogP contribution is -2.24. The highest BCUT2D eigenvalue weighted by atomic mass is 16.5. The van der Waals surface area contributed by atoms with E-state index in [4.69, 9.17) is 10.5 Å². The second-order valence-corrected chi connectivity index (χ2v) is 5.50. The quantitative estimate of drug-likeness (QED) is 0.910. The normalized spacial score (nSPS) is 11.2. The molecule has 0 aliphatic rings. The lowest BCUT2D eigenvalue weighted by atomic mass is 10.1. The van der Waals surface area contributed by atoms with Crippen LogP contribution < -0.4 is 10.5 Å². The molecule has 1 heterocycles. The molecule has 2 rings (SSSR count). The monoisotopic (exact) mass is 270 g/mol. The van der Waals surface area contributed by atoms with Crippen LogP contribution in [-0.2, 0) is 5.54 Å². The number of ether oxygens (including phenoxy) is 1. The molecule has 2 aromatic rings. The van der Waals surface area contributed by atoms with Crippen LogP contribution in [0.2, 0.25) is 0 Å². The van der Waals surface area contributed by atoms with Gasteiger partial charge in [0.15, 0.2) is 0 Å². The summed E-state index contributed by atoms with van der Waals surface area (Å²) in [6.45, 7) is 5.97. The van der Waals surface area contributed by atoms with Crippen molar-refractivity contribution >= 4 is 5.82 Å². The SMILES string of the molecule is COc1ccccc1-c1nn(C(C)(C)C)c(N)c1C#N. The highest BCUT2D eigenvalue weighted by molar-refractivity contribution is 5.76. The third-order valence-electron chi connectivity index (χ3n) is 3.03. The summed E-state index contributed by atoms with van der Waals surface area (Å²) < 4.78 is 7.01. The van der Waals surface area contributed by atoms with Gasteiger partial charge in [-0.1, -0.05) is 12.1 Å². The molecule has 1 aromatic carbocycles. The van der Waals surface area contributed by atoms with Crippen molar-refractivity contribution in [3.05, 3.63) is 29.8 Å². The van der Waals surface area contributed by atoms with E-state index in [9.17, 15) is 5.26 Å². The maximum absolute atomic E-state index is 9.38. The Hall–Kier alpha value is -2.48. The second-order valence-electron chi connectivity index (χ2n) is 5.50. The number of rotatable bonds is 2. The first-order chi connectivity index (χ1) is 9.40. The van der Waals surface area contributed by atoms with Crippen molar-refractivity contribution < 1.29 is 4.74 Å². The van der Waals surface area contributed by atoms with Crippen LogP contribution in [0.4, 0.5) is 5.82 Å². The number of aromatic nitrogens is 2. The van der Waals surface area contributed by atoms with Crippen molar-refractivity contribution in [2.24, 2.45) is 0 Å². The van der Waals surface area contributed by atoms with Gasteiger partial charge in [-0.25, -0.2) is 4.68 Å². The fraction of sp³-hybridized carbons (Fsp3) is 0.333. The average Bonchev–Trinajstić information content (AvgIpc) is 2.75. The minimum absolute atomic E-state index is 0.296. The van der Waals surface area contributed by atoms with Gasteiger partial charge in [-0.2, -0.15) is 10.4 Å². The van der Waals surface area contributed by atoms with E-state index in [2.05, 4.69) is 11.2 Å². The number of nitriles is 1. The van der Waals surface area contributed by atoms with E-state index in [1.54, 1.807) is 11.8 Å². The minimum Gasteiger partial charge on any atom is -0.496 e. The summed E-state index contributed by atoms with van der Waals surface area (Å²) in [6, 6.07) is 9.60. The topological polar surface area (TPSA) is 76.9 Å². The van der Waals surface area contributed by atoms with Gasteiger partial charge in [0, 0.05) is 5.56 Å². The molecule has 0 unspecified atom stereocenters. The molecule has 20 heavy (non-hydrogen) atoms. The molecule has 0 spiro atoms. The maximum atomic E-state index is 9.38. The molecule has 0 atom stereocenters. The predicted octanol–water partition coefficient (Wildman–Crippen LogP) is 2.77. The Morgan fingerprint density at radius 1 is 1.30 bits per heavy atom. The van der Waals surface area contributed by atoms with Crippen LogP contribution in [0.1, 0.15) is 26.3 Å². The molecule has 0 saturated carbocycles. The highest BCUT2D eigenvalue weighted by Crippen LogP contribution is 2.35. The van der Waals surface area contributed by atoms with Gasteiger partial charge in [-0.3, -0.25) is 0 Å². The molecular formula is C15H18N4O. The summed E-state index contributed by atoms with van der Waals surface area (Å²) in [5.41, 5.74) is 7.47. The van der Waals surface area contributed by atoms with E-state index in [1.807, 2.05) is 45.0 Å². The van der Waals surface area contributed by atoms with Gasteiger partial charge >= 0.3 is 0 Å². The Bertz CT molecular complexity index is 674. The van der Waals surface area contributed by atoms with E-state index in [0.29, 0.717) is 22.8 Å². The Morgan fingerprint density at radius 3 is 2.50 bits per heavy atom. The Morgan fingerprint density at radius 2 is 1.95 bits per heavy atom. The molecule has 5 heteroatoms. The third kappa shape index (κ3) is 2.21. The molecule has 0 aliphatic heterocycles. The van der Waals surface area contributed by atoms with Crippen molar-refractivity contribution in [1.82, 2.24) is 9.78 Å². The van der Waals surface area contributed by atoms with Crippen LogP contribution in [-0.4, -0.2) is 16.9 Å². The van der Waals surface area contributed by atoms with Crippen molar-refractivity contribution in [2.75, 3.05) is 12.8 Å². The fourth-order valence-corrected chi connectivity index (χ4v) is 2.08. The Balaban J connectivity index is 2.73. The van der Waals surface area contributed by atoms with Crippen molar-refractivity contribution in [3.8, 4) is 23.1 Å². The molecule has 1 aromatic heterocycles. The van der Waals surface area contributed by atoms with Crippen LogP contribution in [0.5, 0.6) is 5.75 Å². The zero-order chi connectivity index (χ0) is 14.9. The molecule has 0 bridgehead atoms. The third-order valence-corrected chi connectivity index (χ3v) is 3.03. The Labute approximate surface area is 118 Å². The number of nitrogens with two attached hydrogens (primary N) is 1. The summed E-state index contributed by atoms with van der Waals surface area (Å²) in [6.07, 6.45) is 0. The molecule has 0 amide bonds. The van der Waals surface area contributed by atoms with Crippen molar-refractivity contribution in [1.29, 1.82) is 5.26 Å². The van der Waals surface area contributed by atoms with Crippen LogP contribution in [0.15, 0.2) is 24.3 Å². The summed E-state index contributed by atoms with van der Waals surface area (Å²) in [5.74, 6) is 1.04. The maximum Gasteiger partial charge on any atom is 0.141 e. The van der Waals surface area contributed by atoms with Gasteiger partial charge in [-0.05, 0) is 32.9 Å². The standard InChI is InChI=1S/C15H18N4O/c1-15(2,3)19-14(17)11(9-16)13(18-19)10-7-5-6-8-12(10)20-4/h5-8H,17H2,1-4H3. The lowest BCUT2D eigenvalue weighted by Gasteiger charge is -2.20. The molecule has 0 aliphatic carbocycles. The molecule has 2 N–H and O–H groups in total. The summed E-state index contributed by atoms with van der Waals surface area (Å²) >= 11 is 0. The fourth-order valence-electron chi connectivity index (χ4n) is 2.08. The first kappa shape index (κ1) is 13.9. The zero-order valence-corrected chi connectivity index (χ0v) is 12.1. The highest BCUT2D eigenvalue weighted by Gasteiger charge is 2.25. The smallest absolute Gasteiger partial charge is 0.141 e. The summed E-state index contributed by atoms with van der Waals surface area (Å²) in [5, 5.41) is 13.9. The molecule has 5 nitrogen and oxygen atoms in total. The van der Waals surface area contributed by atoms with Gasteiger partial charge < -0.3 is 10.5 Å². The number of hydrogen-bond donors (Lipinski definition) is 1. The van der Waals surface area contributed by atoms with E-state index >= 15 is 0 Å². The first-order valence-corrected chi connectivity index (χ1v) is 6.32. The number of hydrogen-bond acceptors (Lipinski definition) is 4. The van der Waals surface area contributed by atoms with Crippen LogP contribution >= 0.6 is 0 Å². The van der Waals surface area contributed by atoms with Gasteiger partial charge in [0.1, 0.15) is 28.9 Å². The largest absolute Gasteiger partial charge is 0.496 e. The lowest BCUT2D eigenvalue weighted by molar-refractivity contribution is 0.362. The van der Waals surface area contributed by atoms with E-state index in [-0.39, 0.29) is 5.54 Å². The Kier molecular flexibility index (Phi) is 3.41. The number of anilines is 1. The van der Waals surface area contributed by atoms with Crippen molar-refractivity contribution in [2.45, 2.75) is 26.3 Å². The summed E-state index contributed by atoms with van der Waals surface area (Å²) in [4.78, 5) is 0. The van der Waals surface area contributed by atoms with Gasteiger partial charge in [0.2, 0.25) is 0 Å². The minimum atomic E-state index is -0.296. The average molecular weight is 270 g/mol. The van der Waals surface area contributed by atoms with E-state index in [1.165, 1.54) is 0 Å². The van der Waals surface area contributed by atoms with Gasteiger partial charge in [0.05, 0.1) is 12.6 Å². The van der Waals surface area contributed by atoms with Crippen LogP contribution in [0, 0.1) is 11.3 Å². The molecule has 104 valence electrons. The number of para-hydroxylation sites is 1. The number of nitrogens with zero attached hydrogens (tertiary/aromatic N) is 3. The predicted molar refractivity (Wildman–Crippen MR) is 78.3 cm³/mol. The summed E-state index contributed by atoms with van der Waals surface area (Å²) in [7, 11) is 1.59. The first-order valence-electron chi connectivity index (χ1n) is 6.32. The van der Waals surface area contributed by atoms with Crippen LogP contribution in [0.25, 0.3) is 11.3 Å². The van der Waals surface area contributed by atoms with Gasteiger partial charge in [0.25, 0.3) is 0 Å². The van der Waals surface area contributed by atoms with E-state index in [0.717, 1.165) is 5.56 Å². The number of benzene rings is 1. The van der Waals surface area contributed by atoms with Gasteiger partial charge in [-0.15, -0.1) is 0 Å². The second kappa shape index (κ2) is 4.89. The molecule has 0 fully saturated rings. The number of nitrogen functional groups attached to an aromatic ring is 1. The molecular weight excluding hydrogens is 252 g/mol. The van der Waals surface area contributed by atoms with E-state index < -0.39 is 0 Å². The molecule has 0 radical (unpaired) electrons. The molecule has 0 saturated heterocycles. The van der Waals surface area contributed by atoms with Crippen LogP contribution in [0.3, 0.4) is 0 Å². The van der Waals surface area contributed by atoms with Crippen molar-refractivity contribution in [3.63, 3.8) is 0 Å². The number of methoxy groups -OCH3 is 1.